The summed E-state index contributed by atoms with van der Waals surface area (Å²) in [5.41, 5.74) is 9.18. The van der Waals surface area contributed by atoms with Crippen LogP contribution in [0.15, 0.2) is 127 Å². The zero-order valence-corrected chi connectivity index (χ0v) is 21.5. The molecule has 4 rings (SSSR count). The van der Waals surface area contributed by atoms with Crippen LogP contribution in [-0.2, 0) is 0 Å². The Morgan fingerprint density at radius 2 is 1.39 bits per heavy atom. The van der Waals surface area contributed by atoms with Gasteiger partial charge in [-0.25, -0.2) is 4.58 Å². The summed E-state index contributed by atoms with van der Waals surface area (Å²) in [4.78, 5) is 2.11. The van der Waals surface area contributed by atoms with Crippen LogP contribution in [0.1, 0.15) is 11.1 Å². The highest BCUT2D eigenvalue weighted by Crippen LogP contribution is 2.23. The lowest BCUT2D eigenvalue weighted by molar-refractivity contribution is -0.462. The smallest absolute Gasteiger partial charge is 0.199 e. The molecule has 1 aliphatic carbocycles. The summed E-state index contributed by atoms with van der Waals surface area (Å²) in [6.07, 6.45) is 17.3. The highest BCUT2D eigenvalue weighted by Gasteiger charge is 2.04. The van der Waals surface area contributed by atoms with Crippen molar-refractivity contribution in [3.8, 4) is 0 Å². The molecule has 0 amide bonds. The van der Waals surface area contributed by atoms with Crippen LogP contribution in [-0.4, -0.2) is 38.5 Å². The number of hydrogen-bond acceptors (Lipinski definition) is 2. The number of para-hydroxylation sites is 1. The molecule has 1 aliphatic rings. The largest absolute Gasteiger partial charge is 0.378 e. The minimum Gasteiger partial charge on any atom is -0.378 e. The molecule has 3 aromatic carbocycles. The Hall–Kier alpha value is -4.37. The number of anilines is 3. The number of benzene rings is 3. The van der Waals surface area contributed by atoms with Gasteiger partial charge in [-0.2, -0.15) is 0 Å². The van der Waals surface area contributed by atoms with E-state index in [0.717, 1.165) is 22.5 Å². The summed E-state index contributed by atoms with van der Waals surface area (Å²) < 4.78 is 2.11. The van der Waals surface area contributed by atoms with E-state index in [2.05, 4.69) is 152 Å². The van der Waals surface area contributed by atoms with E-state index in [1.165, 1.54) is 22.5 Å². The molecular formula is C33H34N3+. The second-order valence-electron chi connectivity index (χ2n) is 9.16. The van der Waals surface area contributed by atoms with E-state index in [4.69, 9.17) is 0 Å². The predicted octanol–water partition coefficient (Wildman–Crippen LogP) is 7.36. The SMILES string of the molecule is CN(C)c1ccc(C=CC(=CC=C2C=CC(=[N+](C)C)C=C2)c2ccc(Nc3ccccc3)cc2)cc1. The highest BCUT2D eigenvalue weighted by molar-refractivity contribution is 6.02. The van der Waals surface area contributed by atoms with E-state index in [9.17, 15) is 0 Å². The van der Waals surface area contributed by atoms with E-state index in [-0.39, 0.29) is 0 Å². The molecular weight excluding hydrogens is 438 g/mol. The maximum absolute atomic E-state index is 3.46. The molecule has 0 radical (unpaired) electrons. The molecule has 0 fully saturated rings. The van der Waals surface area contributed by atoms with Crippen LogP contribution in [0.3, 0.4) is 0 Å². The molecule has 0 bridgehead atoms. The molecule has 0 unspecified atom stereocenters. The van der Waals surface area contributed by atoms with Crippen LogP contribution in [0.2, 0.25) is 0 Å². The Labute approximate surface area is 215 Å². The van der Waals surface area contributed by atoms with Crippen molar-refractivity contribution < 1.29 is 4.58 Å². The van der Waals surface area contributed by atoms with Gasteiger partial charge < -0.3 is 10.2 Å². The van der Waals surface area contributed by atoms with Crippen LogP contribution in [0, 0.1) is 0 Å². The normalized spacial score (nSPS) is 13.3. The molecule has 0 saturated heterocycles. The fraction of sp³-hybridized carbons (Fsp3) is 0.121. The van der Waals surface area contributed by atoms with Crippen molar-refractivity contribution in [1.29, 1.82) is 0 Å². The Bertz CT molecular complexity index is 1330. The Balaban J connectivity index is 1.60. The van der Waals surface area contributed by atoms with E-state index >= 15 is 0 Å². The summed E-state index contributed by atoms with van der Waals surface area (Å²) in [6, 6.07) is 27.4. The summed E-state index contributed by atoms with van der Waals surface area (Å²) in [5, 5.41) is 3.46. The quantitative estimate of drug-likeness (QED) is 0.286. The Morgan fingerprint density at radius 3 is 2.00 bits per heavy atom. The first-order chi connectivity index (χ1) is 17.5. The van der Waals surface area contributed by atoms with Gasteiger partial charge in [0.2, 0.25) is 0 Å². The maximum atomic E-state index is 3.46. The molecule has 0 atom stereocenters. The first-order valence-corrected chi connectivity index (χ1v) is 12.2. The second-order valence-corrected chi connectivity index (χ2v) is 9.16. The minimum absolute atomic E-state index is 1.07. The van der Waals surface area contributed by atoms with Crippen LogP contribution < -0.4 is 10.2 Å². The molecule has 0 heterocycles. The first-order valence-electron chi connectivity index (χ1n) is 12.2. The zero-order chi connectivity index (χ0) is 25.3. The number of allylic oxidation sites excluding steroid dienone is 9. The molecule has 0 spiro atoms. The lowest BCUT2D eigenvalue weighted by atomic mass is 10.0. The lowest BCUT2D eigenvalue weighted by Gasteiger charge is -2.12. The molecule has 3 heteroatoms. The summed E-state index contributed by atoms with van der Waals surface area (Å²) in [6.45, 7) is 0. The van der Waals surface area contributed by atoms with Gasteiger partial charge in [0.15, 0.2) is 5.71 Å². The van der Waals surface area contributed by atoms with Crippen LogP contribution >= 0.6 is 0 Å². The van der Waals surface area contributed by atoms with Gasteiger partial charge in [0.05, 0.1) is 0 Å². The number of hydrogen-bond donors (Lipinski definition) is 1. The van der Waals surface area contributed by atoms with Gasteiger partial charge in [-0.1, -0.05) is 66.8 Å². The first kappa shape index (κ1) is 24.7. The van der Waals surface area contributed by atoms with Crippen molar-refractivity contribution in [2.24, 2.45) is 0 Å². The molecule has 0 aromatic heterocycles. The third kappa shape index (κ3) is 6.83. The summed E-state index contributed by atoms with van der Waals surface area (Å²) >= 11 is 0. The minimum atomic E-state index is 1.07. The van der Waals surface area contributed by atoms with Gasteiger partial charge in [-0.05, 0) is 70.8 Å². The predicted molar refractivity (Wildman–Crippen MR) is 157 cm³/mol. The van der Waals surface area contributed by atoms with Gasteiger partial charge in [-0.3, -0.25) is 0 Å². The summed E-state index contributed by atoms with van der Waals surface area (Å²) in [5.74, 6) is 0. The van der Waals surface area contributed by atoms with Crippen molar-refractivity contribution in [3.05, 3.63) is 138 Å². The van der Waals surface area contributed by atoms with Gasteiger partial charge >= 0.3 is 0 Å². The molecule has 180 valence electrons. The third-order valence-electron chi connectivity index (χ3n) is 6.01. The van der Waals surface area contributed by atoms with E-state index in [1.807, 2.05) is 18.2 Å². The van der Waals surface area contributed by atoms with E-state index < -0.39 is 0 Å². The average molecular weight is 473 g/mol. The van der Waals surface area contributed by atoms with Crippen molar-refractivity contribution in [1.82, 2.24) is 0 Å². The van der Waals surface area contributed by atoms with Crippen molar-refractivity contribution in [2.75, 3.05) is 38.4 Å². The van der Waals surface area contributed by atoms with Crippen molar-refractivity contribution in [2.45, 2.75) is 0 Å². The van der Waals surface area contributed by atoms with Crippen molar-refractivity contribution in [3.63, 3.8) is 0 Å². The van der Waals surface area contributed by atoms with E-state index in [0.29, 0.717) is 0 Å². The number of rotatable bonds is 7. The molecule has 3 nitrogen and oxygen atoms in total. The lowest BCUT2D eigenvalue weighted by Crippen LogP contribution is -2.09. The van der Waals surface area contributed by atoms with Crippen LogP contribution in [0.5, 0.6) is 0 Å². The standard InChI is InChI=1S/C33H33N3/c1-35(2)32-22-12-26(13-23-32)10-16-28(17-11-27-14-24-33(25-15-27)36(3)4)29-18-20-31(21-19-29)34-30-8-6-5-7-9-30/h5-25H,1-4H3/p+1. The Kier molecular flexibility index (Phi) is 8.15. The number of nitrogens with one attached hydrogen (secondary N) is 1. The molecule has 3 aromatic rings. The van der Waals surface area contributed by atoms with Gasteiger partial charge in [0.1, 0.15) is 14.1 Å². The molecule has 1 N–H and O–H groups in total. The monoisotopic (exact) mass is 472 g/mol. The maximum Gasteiger partial charge on any atom is 0.199 e. The fourth-order valence-corrected chi connectivity index (χ4v) is 3.82. The number of nitrogens with zero attached hydrogens (tertiary/aromatic N) is 2. The average Bonchev–Trinajstić information content (AvgIpc) is 2.90. The van der Waals surface area contributed by atoms with Crippen LogP contribution in [0.4, 0.5) is 17.1 Å². The molecule has 0 saturated carbocycles. The highest BCUT2D eigenvalue weighted by atomic mass is 15.1. The van der Waals surface area contributed by atoms with E-state index in [1.54, 1.807) is 0 Å². The topological polar surface area (TPSA) is 18.3 Å². The zero-order valence-electron chi connectivity index (χ0n) is 21.5. The molecule has 36 heavy (non-hydrogen) atoms. The van der Waals surface area contributed by atoms with Crippen LogP contribution in [0.25, 0.3) is 11.6 Å². The Morgan fingerprint density at radius 1 is 0.750 bits per heavy atom. The van der Waals surface area contributed by atoms with Gasteiger partial charge in [0.25, 0.3) is 0 Å². The summed E-state index contributed by atoms with van der Waals surface area (Å²) in [7, 11) is 8.23. The molecule has 0 aliphatic heterocycles. The van der Waals surface area contributed by atoms with Gasteiger partial charge in [0, 0.05) is 43.3 Å². The van der Waals surface area contributed by atoms with Crippen molar-refractivity contribution >= 4 is 34.4 Å². The van der Waals surface area contributed by atoms with Gasteiger partial charge in [-0.15, -0.1) is 0 Å². The third-order valence-corrected chi connectivity index (χ3v) is 6.01. The fourth-order valence-electron chi connectivity index (χ4n) is 3.82. The second kappa shape index (κ2) is 11.9.